The highest BCUT2D eigenvalue weighted by Crippen LogP contribution is 2.24. The smallest absolute Gasteiger partial charge is 0.307 e. The lowest BCUT2D eigenvalue weighted by Crippen LogP contribution is -2.18. The van der Waals surface area contributed by atoms with Crippen LogP contribution in [0.4, 0.5) is 0 Å². The van der Waals surface area contributed by atoms with Crippen LogP contribution < -0.4 is 5.73 Å². The predicted octanol–water partition coefficient (Wildman–Crippen LogP) is 2.60. The first-order chi connectivity index (χ1) is 7.45. The molecule has 0 aliphatic carbocycles. The normalized spacial score (nSPS) is 11.6. The first kappa shape index (κ1) is 15.9. The van der Waals surface area contributed by atoms with E-state index in [0.717, 1.165) is 16.7 Å². The van der Waals surface area contributed by atoms with Gasteiger partial charge in [0.25, 0.3) is 0 Å². The van der Waals surface area contributed by atoms with Crippen molar-refractivity contribution in [3.8, 4) is 0 Å². The maximum atomic E-state index is 11.2. The Kier molecular flexibility index (Phi) is 6.21. The summed E-state index contributed by atoms with van der Waals surface area (Å²) in [6.45, 7) is 6.09. The average molecular weight is 258 g/mol. The van der Waals surface area contributed by atoms with E-state index in [1.54, 1.807) is 0 Å². The Morgan fingerprint density at radius 1 is 1.29 bits per heavy atom. The van der Waals surface area contributed by atoms with Gasteiger partial charge in [-0.25, -0.2) is 0 Å². The van der Waals surface area contributed by atoms with E-state index in [-0.39, 0.29) is 30.8 Å². The molecule has 1 rings (SSSR count). The molecule has 1 aromatic rings. The molecule has 3 nitrogen and oxygen atoms in total. The zero-order chi connectivity index (χ0) is 12.3. The summed E-state index contributed by atoms with van der Waals surface area (Å²) in [5.74, 6) is -0.271. The van der Waals surface area contributed by atoms with E-state index in [2.05, 4.69) is 23.8 Å². The van der Waals surface area contributed by atoms with Crippen LogP contribution in [-0.4, -0.2) is 13.1 Å². The van der Waals surface area contributed by atoms with Gasteiger partial charge in [-0.3, -0.25) is 4.79 Å². The van der Waals surface area contributed by atoms with E-state index in [0.29, 0.717) is 0 Å². The van der Waals surface area contributed by atoms with Crippen molar-refractivity contribution in [1.29, 1.82) is 0 Å². The van der Waals surface area contributed by atoms with E-state index in [9.17, 15) is 4.79 Å². The standard InChI is InChI=1S/C13H19NO2.ClH/c1-8-5-9(2)13(10(3)6-8)11(14)7-12(15)16-4;/h5-6,11H,7,14H2,1-4H3;1H/t11-;/m1./s1. The second kappa shape index (κ2) is 6.62. The van der Waals surface area contributed by atoms with E-state index < -0.39 is 0 Å². The number of rotatable bonds is 3. The van der Waals surface area contributed by atoms with Gasteiger partial charge in [-0.15, -0.1) is 12.4 Å². The molecule has 0 radical (unpaired) electrons. The molecule has 0 fully saturated rings. The topological polar surface area (TPSA) is 52.3 Å². The van der Waals surface area contributed by atoms with Gasteiger partial charge in [-0.1, -0.05) is 17.7 Å². The zero-order valence-electron chi connectivity index (χ0n) is 10.7. The molecule has 1 atom stereocenters. The van der Waals surface area contributed by atoms with Gasteiger partial charge in [-0.2, -0.15) is 0 Å². The molecular formula is C13H20ClNO2. The first-order valence-electron chi connectivity index (χ1n) is 5.36. The van der Waals surface area contributed by atoms with Crippen molar-refractivity contribution in [2.75, 3.05) is 7.11 Å². The van der Waals surface area contributed by atoms with Crippen LogP contribution in [0.2, 0.25) is 0 Å². The molecule has 0 amide bonds. The fourth-order valence-corrected chi connectivity index (χ4v) is 2.14. The summed E-state index contributed by atoms with van der Waals surface area (Å²) >= 11 is 0. The number of esters is 1. The molecule has 96 valence electrons. The Hall–Kier alpha value is -1.06. The predicted molar refractivity (Wildman–Crippen MR) is 71.5 cm³/mol. The van der Waals surface area contributed by atoms with Crippen LogP contribution in [0.25, 0.3) is 0 Å². The number of methoxy groups -OCH3 is 1. The molecule has 0 heterocycles. The molecule has 0 aliphatic heterocycles. The molecule has 0 unspecified atom stereocenters. The Balaban J connectivity index is 0.00000256. The number of carbonyl (C=O) groups is 1. The second-order valence-electron chi connectivity index (χ2n) is 4.20. The van der Waals surface area contributed by atoms with Crippen molar-refractivity contribution in [2.24, 2.45) is 5.73 Å². The maximum Gasteiger partial charge on any atom is 0.307 e. The Bertz CT molecular complexity index is 381. The highest BCUT2D eigenvalue weighted by Gasteiger charge is 2.16. The number of ether oxygens (including phenoxy) is 1. The number of carbonyl (C=O) groups excluding carboxylic acids is 1. The third kappa shape index (κ3) is 4.02. The lowest BCUT2D eigenvalue weighted by atomic mass is 9.93. The summed E-state index contributed by atoms with van der Waals surface area (Å²) in [5.41, 5.74) is 10.6. The van der Waals surface area contributed by atoms with E-state index in [4.69, 9.17) is 5.73 Å². The van der Waals surface area contributed by atoms with Crippen LogP contribution in [-0.2, 0) is 9.53 Å². The van der Waals surface area contributed by atoms with Gasteiger partial charge in [0.05, 0.1) is 13.5 Å². The van der Waals surface area contributed by atoms with E-state index in [1.165, 1.54) is 12.7 Å². The van der Waals surface area contributed by atoms with Crippen LogP contribution in [0.5, 0.6) is 0 Å². The number of halogens is 1. The number of aryl methyl sites for hydroxylation is 3. The number of benzene rings is 1. The van der Waals surface area contributed by atoms with Gasteiger partial charge in [-0.05, 0) is 37.5 Å². The average Bonchev–Trinajstić information content (AvgIpc) is 2.15. The Labute approximate surface area is 109 Å². The fourth-order valence-electron chi connectivity index (χ4n) is 2.14. The van der Waals surface area contributed by atoms with E-state index in [1.807, 2.05) is 13.8 Å². The maximum absolute atomic E-state index is 11.2. The summed E-state index contributed by atoms with van der Waals surface area (Å²) in [4.78, 5) is 11.2. The molecular weight excluding hydrogens is 238 g/mol. The van der Waals surface area contributed by atoms with Crippen molar-refractivity contribution in [3.05, 3.63) is 34.4 Å². The fraction of sp³-hybridized carbons (Fsp3) is 0.462. The van der Waals surface area contributed by atoms with Gasteiger partial charge >= 0.3 is 5.97 Å². The van der Waals surface area contributed by atoms with Crippen molar-refractivity contribution in [1.82, 2.24) is 0 Å². The number of nitrogens with two attached hydrogens (primary N) is 1. The summed E-state index contributed by atoms with van der Waals surface area (Å²) in [6, 6.07) is 3.88. The molecule has 0 saturated heterocycles. The highest BCUT2D eigenvalue weighted by molar-refractivity contribution is 5.85. The SMILES string of the molecule is COC(=O)C[C@@H](N)c1c(C)cc(C)cc1C.Cl. The third-order valence-electron chi connectivity index (χ3n) is 2.72. The summed E-state index contributed by atoms with van der Waals surface area (Å²) < 4.78 is 4.63. The monoisotopic (exact) mass is 257 g/mol. The van der Waals surface area contributed by atoms with Gasteiger partial charge in [0, 0.05) is 6.04 Å². The quantitative estimate of drug-likeness (QED) is 0.847. The lowest BCUT2D eigenvalue weighted by molar-refractivity contribution is -0.141. The summed E-state index contributed by atoms with van der Waals surface area (Å²) in [5, 5.41) is 0. The zero-order valence-corrected chi connectivity index (χ0v) is 11.6. The lowest BCUT2D eigenvalue weighted by Gasteiger charge is -2.17. The third-order valence-corrected chi connectivity index (χ3v) is 2.72. The molecule has 4 heteroatoms. The van der Waals surface area contributed by atoms with E-state index >= 15 is 0 Å². The van der Waals surface area contributed by atoms with Crippen LogP contribution >= 0.6 is 12.4 Å². The minimum Gasteiger partial charge on any atom is -0.469 e. The molecule has 0 saturated carbocycles. The Morgan fingerprint density at radius 2 is 1.76 bits per heavy atom. The molecule has 1 aromatic carbocycles. The van der Waals surface area contributed by atoms with Gasteiger partial charge in [0.15, 0.2) is 0 Å². The number of hydrogen-bond acceptors (Lipinski definition) is 3. The minimum atomic E-state index is -0.284. The van der Waals surface area contributed by atoms with Crippen LogP contribution in [0.15, 0.2) is 12.1 Å². The van der Waals surface area contributed by atoms with Crippen molar-refractivity contribution in [3.63, 3.8) is 0 Å². The van der Waals surface area contributed by atoms with Gasteiger partial charge < -0.3 is 10.5 Å². The molecule has 0 spiro atoms. The molecule has 0 aliphatic rings. The molecule has 0 aromatic heterocycles. The van der Waals surface area contributed by atoms with Crippen LogP contribution in [0.1, 0.15) is 34.7 Å². The summed E-state index contributed by atoms with van der Waals surface area (Å²) in [6.07, 6.45) is 0.223. The number of hydrogen-bond donors (Lipinski definition) is 1. The van der Waals surface area contributed by atoms with Crippen LogP contribution in [0, 0.1) is 20.8 Å². The van der Waals surface area contributed by atoms with Crippen molar-refractivity contribution >= 4 is 18.4 Å². The molecule has 0 bridgehead atoms. The van der Waals surface area contributed by atoms with Gasteiger partial charge in [0.2, 0.25) is 0 Å². The Morgan fingerprint density at radius 3 is 2.18 bits per heavy atom. The first-order valence-corrected chi connectivity index (χ1v) is 5.36. The minimum absolute atomic E-state index is 0. The largest absolute Gasteiger partial charge is 0.469 e. The van der Waals surface area contributed by atoms with Crippen LogP contribution in [0.3, 0.4) is 0 Å². The van der Waals surface area contributed by atoms with Crippen molar-refractivity contribution < 1.29 is 9.53 Å². The van der Waals surface area contributed by atoms with Crippen molar-refractivity contribution in [2.45, 2.75) is 33.2 Å². The van der Waals surface area contributed by atoms with Gasteiger partial charge in [0.1, 0.15) is 0 Å². The second-order valence-corrected chi connectivity index (χ2v) is 4.20. The molecule has 17 heavy (non-hydrogen) atoms. The summed E-state index contributed by atoms with van der Waals surface area (Å²) in [7, 11) is 1.38. The molecule has 2 N–H and O–H groups in total. The highest BCUT2D eigenvalue weighted by atomic mass is 35.5.